The topological polar surface area (TPSA) is 75.4 Å². The summed E-state index contributed by atoms with van der Waals surface area (Å²) in [6, 6.07) is 5.67. The van der Waals surface area contributed by atoms with Crippen LogP contribution in [-0.2, 0) is 5.67 Å². The minimum absolute atomic E-state index is 0.0400. The standard InChI is InChI=1S/C23H22F7N3O2.C2H6/c1-11-5-4-6-15(18(11)19(34)32-16-10-12(16)2)20(35)33(31)17-8-7-14(9-13(17)3)21(24,22(25,26)27)23(28,29)30;1-2/h4-9,12,16H,10,31H2,1-3H3,(H,32,34);1-2H3. The molecule has 0 aromatic heterocycles. The molecule has 204 valence electrons. The Labute approximate surface area is 209 Å². The molecule has 0 heterocycles. The second-order valence-corrected chi connectivity index (χ2v) is 8.62. The van der Waals surface area contributed by atoms with Gasteiger partial charge in [0.05, 0.1) is 16.8 Å². The first-order valence-corrected chi connectivity index (χ1v) is 11.4. The van der Waals surface area contributed by atoms with Crippen molar-refractivity contribution >= 4 is 17.5 Å². The number of nitrogens with one attached hydrogen (secondary N) is 1. The summed E-state index contributed by atoms with van der Waals surface area (Å²) < 4.78 is 92.9. The van der Waals surface area contributed by atoms with E-state index in [0.717, 1.165) is 13.3 Å². The molecule has 2 amide bonds. The van der Waals surface area contributed by atoms with Crippen LogP contribution < -0.4 is 16.2 Å². The first kappa shape index (κ1) is 30.1. The number of halogens is 7. The lowest BCUT2D eigenvalue weighted by Gasteiger charge is -2.31. The van der Waals surface area contributed by atoms with Crippen LogP contribution in [0.1, 0.15) is 64.6 Å². The van der Waals surface area contributed by atoms with Crippen molar-refractivity contribution < 1.29 is 40.3 Å². The number of rotatable bonds is 5. The van der Waals surface area contributed by atoms with Gasteiger partial charge in [0.15, 0.2) is 0 Å². The Morgan fingerprint density at radius 2 is 1.49 bits per heavy atom. The molecule has 0 radical (unpaired) electrons. The zero-order chi connectivity index (χ0) is 28.5. The SMILES string of the molecule is CC.Cc1cc(C(F)(C(F)(F)F)C(F)(F)F)ccc1N(N)C(=O)c1cccc(C)c1C(=O)NC1CC1C. The van der Waals surface area contributed by atoms with Crippen LogP contribution >= 0.6 is 0 Å². The van der Waals surface area contributed by atoms with Gasteiger partial charge in [0.25, 0.3) is 11.8 Å². The Hall–Kier alpha value is -3.15. The first-order valence-electron chi connectivity index (χ1n) is 11.4. The van der Waals surface area contributed by atoms with Crippen molar-refractivity contribution in [1.29, 1.82) is 0 Å². The number of carbonyl (C=O) groups is 2. The van der Waals surface area contributed by atoms with Crippen LogP contribution in [0.25, 0.3) is 0 Å². The summed E-state index contributed by atoms with van der Waals surface area (Å²) in [6.45, 7) is 8.61. The van der Waals surface area contributed by atoms with Crippen LogP contribution in [-0.4, -0.2) is 30.2 Å². The van der Waals surface area contributed by atoms with Crippen LogP contribution in [0.4, 0.5) is 36.4 Å². The lowest BCUT2D eigenvalue weighted by atomic mass is 9.92. The molecule has 0 bridgehead atoms. The summed E-state index contributed by atoms with van der Waals surface area (Å²) in [5.74, 6) is 4.70. The average molecular weight is 536 g/mol. The molecule has 1 aliphatic carbocycles. The Kier molecular flexibility index (Phi) is 8.68. The third-order valence-corrected chi connectivity index (χ3v) is 6.01. The van der Waals surface area contributed by atoms with Crippen LogP contribution in [0.2, 0.25) is 0 Å². The Morgan fingerprint density at radius 1 is 0.946 bits per heavy atom. The smallest absolute Gasteiger partial charge is 0.349 e. The van der Waals surface area contributed by atoms with Gasteiger partial charge in [-0.05, 0) is 49.4 Å². The average Bonchev–Trinajstić information content (AvgIpc) is 3.50. The molecule has 2 atom stereocenters. The Morgan fingerprint density at radius 3 is 1.95 bits per heavy atom. The largest absolute Gasteiger partial charge is 0.435 e. The molecule has 3 rings (SSSR count). The van der Waals surface area contributed by atoms with Gasteiger partial charge in [0.2, 0.25) is 0 Å². The maximum atomic E-state index is 14.4. The fourth-order valence-electron chi connectivity index (χ4n) is 3.78. The number of benzene rings is 2. The number of hydrogen-bond donors (Lipinski definition) is 2. The maximum absolute atomic E-state index is 14.4. The maximum Gasteiger partial charge on any atom is 0.435 e. The molecule has 0 saturated heterocycles. The monoisotopic (exact) mass is 535 g/mol. The predicted molar refractivity (Wildman–Crippen MR) is 125 cm³/mol. The number of amides is 2. The second kappa shape index (κ2) is 10.7. The predicted octanol–water partition coefficient (Wildman–Crippen LogP) is 6.28. The lowest BCUT2D eigenvalue weighted by molar-refractivity contribution is -0.348. The molecule has 1 aliphatic rings. The highest BCUT2D eigenvalue weighted by molar-refractivity contribution is 6.13. The highest BCUT2D eigenvalue weighted by Gasteiger charge is 2.73. The summed E-state index contributed by atoms with van der Waals surface area (Å²) in [7, 11) is 0. The summed E-state index contributed by atoms with van der Waals surface area (Å²) in [6.07, 6.45) is -11.8. The molecule has 2 aromatic carbocycles. The van der Waals surface area contributed by atoms with Crippen LogP contribution in [0, 0.1) is 19.8 Å². The van der Waals surface area contributed by atoms with Gasteiger partial charge in [-0.25, -0.2) is 15.2 Å². The van der Waals surface area contributed by atoms with E-state index in [1.165, 1.54) is 12.1 Å². The number of alkyl halides is 7. The lowest BCUT2D eigenvalue weighted by Crippen LogP contribution is -2.50. The van der Waals surface area contributed by atoms with Crippen LogP contribution in [0.15, 0.2) is 36.4 Å². The Bertz CT molecular complexity index is 1150. The van der Waals surface area contributed by atoms with E-state index < -0.39 is 35.4 Å². The number of carbonyl (C=O) groups excluding carboxylic acids is 2. The molecule has 37 heavy (non-hydrogen) atoms. The van der Waals surface area contributed by atoms with Crippen molar-refractivity contribution in [1.82, 2.24) is 5.32 Å². The van der Waals surface area contributed by atoms with E-state index >= 15 is 0 Å². The molecule has 5 nitrogen and oxygen atoms in total. The molecule has 3 N–H and O–H groups in total. The fraction of sp³-hybridized carbons (Fsp3) is 0.440. The summed E-state index contributed by atoms with van der Waals surface area (Å²) in [4.78, 5) is 25.9. The van der Waals surface area contributed by atoms with Crippen LogP contribution in [0.5, 0.6) is 0 Å². The van der Waals surface area contributed by atoms with Gasteiger partial charge in [-0.2, -0.15) is 26.3 Å². The van der Waals surface area contributed by atoms with E-state index in [1.54, 1.807) is 13.0 Å². The van der Waals surface area contributed by atoms with E-state index in [2.05, 4.69) is 5.32 Å². The zero-order valence-electron chi connectivity index (χ0n) is 20.8. The number of hydrogen-bond acceptors (Lipinski definition) is 3. The number of nitrogens with two attached hydrogens (primary N) is 1. The number of hydrazine groups is 1. The highest BCUT2D eigenvalue weighted by Crippen LogP contribution is 2.53. The van der Waals surface area contributed by atoms with E-state index in [4.69, 9.17) is 5.84 Å². The quantitative estimate of drug-likeness (QED) is 0.205. The number of anilines is 1. The molecule has 0 aliphatic heterocycles. The molecule has 1 saturated carbocycles. The van der Waals surface area contributed by atoms with Crippen molar-refractivity contribution in [2.45, 2.75) is 65.1 Å². The van der Waals surface area contributed by atoms with Gasteiger partial charge < -0.3 is 5.32 Å². The molecule has 2 aromatic rings. The molecule has 1 fully saturated rings. The minimum Gasteiger partial charge on any atom is -0.349 e. The van der Waals surface area contributed by atoms with Crippen LogP contribution in [0.3, 0.4) is 0 Å². The van der Waals surface area contributed by atoms with E-state index in [0.29, 0.717) is 22.7 Å². The van der Waals surface area contributed by atoms with Gasteiger partial charge in [-0.1, -0.05) is 45.0 Å². The van der Waals surface area contributed by atoms with Gasteiger partial charge in [0, 0.05) is 11.6 Å². The number of nitrogens with zero attached hydrogens (tertiary/aromatic N) is 1. The molecule has 0 spiro atoms. The third kappa shape index (κ3) is 5.73. The van der Waals surface area contributed by atoms with E-state index in [-0.39, 0.29) is 40.4 Å². The van der Waals surface area contributed by atoms with Gasteiger partial charge >= 0.3 is 18.0 Å². The second-order valence-electron chi connectivity index (χ2n) is 8.62. The molecular weight excluding hydrogens is 507 g/mol. The van der Waals surface area contributed by atoms with Gasteiger partial charge in [-0.15, -0.1) is 0 Å². The molecule has 2 unspecified atom stereocenters. The van der Waals surface area contributed by atoms with Crippen molar-refractivity contribution in [3.05, 3.63) is 64.2 Å². The number of aryl methyl sites for hydroxylation is 2. The Balaban J connectivity index is 0.00000235. The highest BCUT2D eigenvalue weighted by atomic mass is 19.4. The van der Waals surface area contributed by atoms with Gasteiger partial charge in [-0.3, -0.25) is 9.59 Å². The summed E-state index contributed by atoms with van der Waals surface area (Å²) in [5, 5.41) is 3.28. The normalized spacial score (nSPS) is 17.4. The molecular formula is C25H28F7N3O2. The fourth-order valence-corrected chi connectivity index (χ4v) is 3.78. The van der Waals surface area contributed by atoms with Crippen molar-refractivity contribution in [3.8, 4) is 0 Å². The van der Waals surface area contributed by atoms with Crippen molar-refractivity contribution in [2.24, 2.45) is 11.8 Å². The zero-order valence-corrected chi connectivity index (χ0v) is 20.8. The van der Waals surface area contributed by atoms with E-state index in [1.807, 2.05) is 20.8 Å². The minimum atomic E-state index is -6.28. The third-order valence-electron chi connectivity index (χ3n) is 6.01. The first-order chi connectivity index (χ1) is 17.0. The van der Waals surface area contributed by atoms with Gasteiger partial charge in [0.1, 0.15) is 0 Å². The van der Waals surface area contributed by atoms with Crippen molar-refractivity contribution in [2.75, 3.05) is 5.01 Å². The van der Waals surface area contributed by atoms with E-state index in [9.17, 15) is 40.3 Å². The molecule has 12 heteroatoms. The van der Waals surface area contributed by atoms with Crippen molar-refractivity contribution in [3.63, 3.8) is 0 Å². The summed E-state index contributed by atoms with van der Waals surface area (Å²) >= 11 is 0. The summed E-state index contributed by atoms with van der Waals surface area (Å²) in [5.41, 5.74) is -7.53.